The van der Waals surface area contributed by atoms with Crippen LogP contribution < -0.4 is 5.32 Å². The summed E-state index contributed by atoms with van der Waals surface area (Å²) in [6.07, 6.45) is 3.19. The van der Waals surface area contributed by atoms with Crippen LogP contribution >= 0.6 is 11.6 Å². The smallest absolute Gasteiger partial charge is 0.251 e. The molecule has 0 aromatic carbocycles. The van der Waals surface area contributed by atoms with Gasteiger partial charge in [0.05, 0.1) is 0 Å². The molecule has 1 aromatic heterocycles. The van der Waals surface area contributed by atoms with Crippen LogP contribution in [0.3, 0.4) is 0 Å². The van der Waals surface area contributed by atoms with Gasteiger partial charge in [-0.2, -0.15) is 0 Å². The molecule has 0 radical (unpaired) electrons. The van der Waals surface area contributed by atoms with Crippen molar-refractivity contribution in [2.45, 2.75) is 19.9 Å². The Hall–Kier alpha value is -1.09. The number of aromatic nitrogens is 1. The molecular formula is C11H15ClN2O. The maximum Gasteiger partial charge on any atom is 0.251 e. The van der Waals surface area contributed by atoms with Gasteiger partial charge >= 0.3 is 0 Å². The maximum atomic E-state index is 11.7. The fraction of sp³-hybridized carbons (Fsp3) is 0.455. The lowest BCUT2D eigenvalue weighted by Gasteiger charge is -2.19. The van der Waals surface area contributed by atoms with Crippen LogP contribution in [0.1, 0.15) is 24.2 Å². The fourth-order valence-electron chi connectivity index (χ4n) is 1.14. The van der Waals surface area contributed by atoms with Gasteiger partial charge in [0.2, 0.25) is 0 Å². The highest BCUT2D eigenvalue weighted by atomic mass is 35.5. The first-order chi connectivity index (χ1) is 7.15. The molecule has 0 spiro atoms. The van der Waals surface area contributed by atoms with E-state index in [1.54, 1.807) is 24.5 Å². The van der Waals surface area contributed by atoms with Crippen LogP contribution in [0.15, 0.2) is 24.5 Å². The van der Waals surface area contributed by atoms with E-state index < -0.39 is 0 Å². The van der Waals surface area contributed by atoms with Crippen LogP contribution in [0.5, 0.6) is 0 Å². The van der Waals surface area contributed by atoms with Crippen molar-refractivity contribution in [2.75, 3.05) is 5.88 Å². The van der Waals surface area contributed by atoms with Crippen molar-refractivity contribution >= 4 is 17.5 Å². The van der Waals surface area contributed by atoms with Gasteiger partial charge in [0, 0.05) is 29.9 Å². The van der Waals surface area contributed by atoms with E-state index in [-0.39, 0.29) is 11.9 Å². The molecule has 1 heterocycles. The van der Waals surface area contributed by atoms with Gasteiger partial charge in [-0.25, -0.2) is 0 Å². The summed E-state index contributed by atoms with van der Waals surface area (Å²) < 4.78 is 0. The Morgan fingerprint density at radius 3 is 2.53 bits per heavy atom. The Kier molecular flexibility index (Phi) is 4.56. The molecule has 1 unspecified atom stereocenters. The van der Waals surface area contributed by atoms with Crippen LogP contribution in [-0.4, -0.2) is 22.8 Å². The zero-order valence-corrected chi connectivity index (χ0v) is 9.66. The molecule has 0 fully saturated rings. The number of nitrogens with zero attached hydrogens (tertiary/aromatic N) is 1. The number of carbonyl (C=O) groups excluding carboxylic acids is 1. The summed E-state index contributed by atoms with van der Waals surface area (Å²) >= 11 is 5.77. The Morgan fingerprint density at radius 2 is 2.07 bits per heavy atom. The number of alkyl halides is 1. The standard InChI is InChI=1S/C11H15ClN2O/c1-8(2)10(7-12)14-11(15)9-3-5-13-6-4-9/h3-6,8,10H,7H2,1-2H3,(H,14,15). The third-order valence-electron chi connectivity index (χ3n) is 2.23. The number of amides is 1. The second-order valence-corrected chi connectivity index (χ2v) is 4.02. The Morgan fingerprint density at radius 1 is 1.47 bits per heavy atom. The molecule has 82 valence electrons. The van der Waals surface area contributed by atoms with E-state index in [1.165, 1.54) is 0 Å². The predicted molar refractivity (Wildman–Crippen MR) is 61.0 cm³/mol. The van der Waals surface area contributed by atoms with Crippen molar-refractivity contribution in [3.05, 3.63) is 30.1 Å². The summed E-state index contributed by atoms with van der Waals surface area (Å²) in [7, 11) is 0. The van der Waals surface area contributed by atoms with E-state index in [9.17, 15) is 4.79 Å². The van der Waals surface area contributed by atoms with E-state index in [4.69, 9.17) is 11.6 Å². The Bertz CT molecular complexity index is 314. The number of pyridine rings is 1. The van der Waals surface area contributed by atoms with Crippen LogP contribution in [0.2, 0.25) is 0 Å². The SMILES string of the molecule is CC(C)C(CCl)NC(=O)c1ccncc1. The van der Waals surface area contributed by atoms with Crippen LogP contribution in [0, 0.1) is 5.92 Å². The summed E-state index contributed by atoms with van der Waals surface area (Å²) in [6.45, 7) is 4.06. The Labute approximate surface area is 94.9 Å². The molecule has 0 aliphatic heterocycles. The van der Waals surface area contributed by atoms with Gasteiger partial charge in [0.15, 0.2) is 0 Å². The highest BCUT2D eigenvalue weighted by Gasteiger charge is 2.15. The van der Waals surface area contributed by atoms with Gasteiger partial charge in [0.25, 0.3) is 5.91 Å². The second-order valence-electron chi connectivity index (χ2n) is 3.71. The number of nitrogens with one attached hydrogen (secondary N) is 1. The van der Waals surface area contributed by atoms with Crippen LogP contribution in [0.4, 0.5) is 0 Å². The topological polar surface area (TPSA) is 42.0 Å². The fourth-order valence-corrected chi connectivity index (χ4v) is 1.57. The molecule has 0 aliphatic rings. The van der Waals surface area contributed by atoms with Crippen molar-refractivity contribution in [1.82, 2.24) is 10.3 Å². The lowest BCUT2D eigenvalue weighted by atomic mass is 10.1. The number of hydrogen-bond donors (Lipinski definition) is 1. The molecule has 3 nitrogen and oxygen atoms in total. The summed E-state index contributed by atoms with van der Waals surface area (Å²) in [5.41, 5.74) is 0.612. The van der Waals surface area contributed by atoms with Gasteiger partial charge in [-0.3, -0.25) is 9.78 Å². The Balaban J connectivity index is 2.63. The van der Waals surface area contributed by atoms with Crippen molar-refractivity contribution in [2.24, 2.45) is 5.92 Å². The highest BCUT2D eigenvalue weighted by molar-refractivity contribution is 6.18. The molecule has 0 bridgehead atoms. The first-order valence-corrected chi connectivity index (χ1v) is 5.45. The average molecular weight is 227 g/mol. The van der Waals surface area contributed by atoms with Gasteiger partial charge in [0.1, 0.15) is 0 Å². The summed E-state index contributed by atoms with van der Waals surface area (Å²) in [4.78, 5) is 15.6. The van der Waals surface area contributed by atoms with Crippen molar-refractivity contribution in [3.8, 4) is 0 Å². The van der Waals surface area contributed by atoms with Gasteiger partial charge < -0.3 is 5.32 Å². The lowest BCUT2D eigenvalue weighted by molar-refractivity contribution is 0.0931. The molecule has 1 rings (SSSR count). The zero-order chi connectivity index (χ0) is 11.3. The zero-order valence-electron chi connectivity index (χ0n) is 8.90. The molecule has 0 aliphatic carbocycles. The molecule has 0 saturated heterocycles. The molecule has 4 heteroatoms. The van der Waals surface area contributed by atoms with E-state index in [0.29, 0.717) is 17.4 Å². The minimum atomic E-state index is -0.100. The minimum Gasteiger partial charge on any atom is -0.348 e. The van der Waals surface area contributed by atoms with Crippen molar-refractivity contribution in [3.63, 3.8) is 0 Å². The monoisotopic (exact) mass is 226 g/mol. The molecular weight excluding hydrogens is 212 g/mol. The van der Waals surface area contributed by atoms with E-state index >= 15 is 0 Å². The first-order valence-electron chi connectivity index (χ1n) is 4.92. The van der Waals surface area contributed by atoms with Crippen molar-refractivity contribution in [1.29, 1.82) is 0 Å². The lowest BCUT2D eigenvalue weighted by Crippen LogP contribution is -2.39. The summed E-state index contributed by atoms with van der Waals surface area (Å²) in [6, 6.07) is 3.37. The molecule has 15 heavy (non-hydrogen) atoms. The number of carbonyl (C=O) groups is 1. The quantitative estimate of drug-likeness (QED) is 0.799. The largest absolute Gasteiger partial charge is 0.348 e. The predicted octanol–water partition coefficient (Wildman–Crippen LogP) is 2.07. The summed E-state index contributed by atoms with van der Waals surface area (Å²) in [5, 5.41) is 2.88. The van der Waals surface area contributed by atoms with E-state index in [2.05, 4.69) is 10.3 Å². The van der Waals surface area contributed by atoms with Gasteiger partial charge in [-0.15, -0.1) is 11.6 Å². The van der Waals surface area contributed by atoms with Crippen LogP contribution in [0.25, 0.3) is 0 Å². The summed E-state index contributed by atoms with van der Waals surface area (Å²) in [5.74, 6) is 0.652. The van der Waals surface area contributed by atoms with Crippen LogP contribution in [-0.2, 0) is 0 Å². The molecule has 1 N–H and O–H groups in total. The van der Waals surface area contributed by atoms with Gasteiger partial charge in [-0.1, -0.05) is 13.8 Å². The normalized spacial score (nSPS) is 12.5. The van der Waals surface area contributed by atoms with Crippen molar-refractivity contribution < 1.29 is 4.79 Å². The molecule has 1 atom stereocenters. The number of halogens is 1. The van der Waals surface area contributed by atoms with Gasteiger partial charge in [-0.05, 0) is 18.1 Å². The van der Waals surface area contributed by atoms with E-state index in [1.807, 2.05) is 13.8 Å². The minimum absolute atomic E-state index is 0.00679. The molecule has 0 saturated carbocycles. The number of rotatable bonds is 4. The average Bonchev–Trinajstić information content (AvgIpc) is 2.26. The number of hydrogen-bond acceptors (Lipinski definition) is 2. The molecule has 1 amide bonds. The third kappa shape index (κ3) is 3.51. The third-order valence-corrected chi connectivity index (χ3v) is 2.56. The van der Waals surface area contributed by atoms with E-state index in [0.717, 1.165) is 0 Å². The molecule has 1 aromatic rings. The second kappa shape index (κ2) is 5.71. The first kappa shape index (κ1) is 12.0. The maximum absolute atomic E-state index is 11.7. The highest BCUT2D eigenvalue weighted by Crippen LogP contribution is 2.05.